The number of hydrogen-bond acceptors (Lipinski definition) is 2. The third kappa shape index (κ3) is 2.58. The van der Waals surface area contributed by atoms with Crippen molar-refractivity contribution in [2.75, 3.05) is 6.54 Å². The molecule has 1 aliphatic rings. The van der Waals surface area contributed by atoms with Gasteiger partial charge >= 0.3 is 0 Å². The fourth-order valence-corrected chi connectivity index (χ4v) is 2.67. The Labute approximate surface area is 104 Å². The van der Waals surface area contributed by atoms with Gasteiger partial charge in [-0.15, -0.1) is 0 Å². The SMILES string of the molecule is CC(c1ccccc1)N1C[C@@H](C)C(=O)C[C@@H]1C. The van der Waals surface area contributed by atoms with Crippen LogP contribution in [0, 0.1) is 5.92 Å². The summed E-state index contributed by atoms with van der Waals surface area (Å²) in [5.74, 6) is 0.589. The van der Waals surface area contributed by atoms with Crippen LogP contribution in [0.4, 0.5) is 0 Å². The molecule has 1 aromatic rings. The Morgan fingerprint density at radius 2 is 1.88 bits per heavy atom. The first-order valence-corrected chi connectivity index (χ1v) is 6.43. The number of carbonyl (C=O) groups excluding carboxylic acids is 1. The summed E-state index contributed by atoms with van der Waals surface area (Å²) in [4.78, 5) is 14.1. The molecule has 2 nitrogen and oxygen atoms in total. The first kappa shape index (κ1) is 12.3. The van der Waals surface area contributed by atoms with Gasteiger partial charge in [0.1, 0.15) is 5.78 Å². The average Bonchev–Trinajstić information content (AvgIpc) is 2.34. The molecular weight excluding hydrogens is 210 g/mol. The summed E-state index contributed by atoms with van der Waals surface area (Å²) in [6.45, 7) is 7.31. The maximum Gasteiger partial charge on any atom is 0.138 e. The molecule has 2 rings (SSSR count). The number of Topliss-reactive ketones (excluding diaryl/α,β-unsaturated/α-hetero) is 1. The van der Waals surface area contributed by atoms with Crippen LogP contribution in [-0.2, 0) is 4.79 Å². The molecule has 0 aliphatic carbocycles. The highest BCUT2D eigenvalue weighted by Crippen LogP contribution is 2.28. The minimum atomic E-state index is 0.178. The van der Waals surface area contributed by atoms with Crippen molar-refractivity contribution in [3.05, 3.63) is 35.9 Å². The lowest BCUT2D eigenvalue weighted by Crippen LogP contribution is -2.46. The Balaban J connectivity index is 2.14. The Bertz CT molecular complexity index is 387. The minimum absolute atomic E-state index is 0.178. The van der Waals surface area contributed by atoms with Gasteiger partial charge in [0.15, 0.2) is 0 Å². The van der Waals surface area contributed by atoms with E-state index < -0.39 is 0 Å². The van der Waals surface area contributed by atoms with E-state index in [0.717, 1.165) is 6.54 Å². The maximum absolute atomic E-state index is 11.7. The van der Waals surface area contributed by atoms with Gasteiger partial charge in [0.2, 0.25) is 0 Å². The van der Waals surface area contributed by atoms with E-state index in [4.69, 9.17) is 0 Å². The number of hydrogen-bond donors (Lipinski definition) is 0. The van der Waals surface area contributed by atoms with Crippen LogP contribution in [-0.4, -0.2) is 23.3 Å². The summed E-state index contributed by atoms with van der Waals surface area (Å²) in [6.07, 6.45) is 0.693. The van der Waals surface area contributed by atoms with E-state index in [2.05, 4.69) is 43.0 Å². The van der Waals surface area contributed by atoms with Crippen molar-refractivity contribution >= 4 is 5.78 Å². The zero-order valence-electron chi connectivity index (χ0n) is 10.9. The zero-order chi connectivity index (χ0) is 12.4. The van der Waals surface area contributed by atoms with Crippen LogP contribution in [0.1, 0.15) is 38.8 Å². The molecule has 1 aliphatic heterocycles. The van der Waals surface area contributed by atoms with E-state index >= 15 is 0 Å². The Morgan fingerprint density at radius 1 is 1.24 bits per heavy atom. The molecule has 17 heavy (non-hydrogen) atoms. The van der Waals surface area contributed by atoms with Crippen molar-refractivity contribution in [1.29, 1.82) is 0 Å². The molecule has 0 spiro atoms. The number of piperidine rings is 1. The van der Waals surface area contributed by atoms with Crippen LogP contribution in [0.2, 0.25) is 0 Å². The standard InChI is InChI=1S/C15H21NO/c1-11-10-16(12(2)9-15(11)17)13(3)14-7-5-4-6-8-14/h4-8,11-13H,9-10H2,1-3H3/t11-,12+,13?/m1/s1. The van der Waals surface area contributed by atoms with Crippen molar-refractivity contribution in [2.24, 2.45) is 5.92 Å². The Hall–Kier alpha value is -1.15. The van der Waals surface area contributed by atoms with Crippen LogP contribution in [0.15, 0.2) is 30.3 Å². The molecule has 92 valence electrons. The molecule has 1 fully saturated rings. The maximum atomic E-state index is 11.7. The highest BCUT2D eigenvalue weighted by Gasteiger charge is 2.32. The van der Waals surface area contributed by atoms with Gasteiger partial charge in [-0.05, 0) is 19.4 Å². The topological polar surface area (TPSA) is 20.3 Å². The van der Waals surface area contributed by atoms with E-state index in [1.807, 2.05) is 13.0 Å². The second-order valence-corrected chi connectivity index (χ2v) is 5.20. The largest absolute Gasteiger partial charge is 0.299 e. The third-order valence-corrected chi connectivity index (χ3v) is 3.88. The van der Waals surface area contributed by atoms with Crippen molar-refractivity contribution in [1.82, 2.24) is 4.90 Å². The zero-order valence-corrected chi connectivity index (χ0v) is 10.9. The molecule has 2 heteroatoms. The fraction of sp³-hybridized carbons (Fsp3) is 0.533. The van der Waals surface area contributed by atoms with E-state index in [-0.39, 0.29) is 5.92 Å². The predicted molar refractivity (Wildman–Crippen MR) is 69.8 cm³/mol. The lowest BCUT2D eigenvalue weighted by atomic mass is 9.91. The monoisotopic (exact) mass is 231 g/mol. The molecule has 0 radical (unpaired) electrons. The van der Waals surface area contributed by atoms with E-state index in [1.165, 1.54) is 5.56 Å². The molecule has 3 atom stereocenters. The lowest BCUT2D eigenvalue weighted by Gasteiger charge is -2.40. The normalized spacial score (nSPS) is 28.1. The molecule has 0 aromatic heterocycles. The number of carbonyl (C=O) groups is 1. The number of benzene rings is 1. The van der Waals surface area contributed by atoms with Gasteiger partial charge in [-0.1, -0.05) is 37.3 Å². The van der Waals surface area contributed by atoms with Gasteiger partial charge in [0, 0.05) is 31.0 Å². The van der Waals surface area contributed by atoms with E-state index in [1.54, 1.807) is 0 Å². The van der Waals surface area contributed by atoms with E-state index in [0.29, 0.717) is 24.3 Å². The molecule has 0 amide bonds. The average molecular weight is 231 g/mol. The van der Waals surface area contributed by atoms with Crippen LogP contribution in [0.5, 0.6) is 0 Å². The molecule has 1 aromatic carbocycles. The number of rotatable bonds is 2. The van der Waals surface area contributed by atoms with Crippen molar-refractivity contribution in [2.45, 2.75) is 39.3 Å². The first-order valence-electron chi connectivity index (χ1n) is 6.43. The summed E-state index contributed by atoms with van der Waals surface area (Å²) < 4.78 is 0. The lowest BCUT2D eigenvalue weighted by molar-refractivity contribution is -0.128. The Kier molecular flexibility index (Phi) is 3.63. The molecule has 1 heterocycles. The van der Waals surface area contributed by atoms with Gasteiger partial charge in [0.25, 0.3) is 0 Å². The van der Waals surface area contributed by atoms with Crippen molar-refractivity contribution in [3.63, 3.8) is 0 Å². The quantitative estimate of drug-likeness (QED) is 0.779. The molecule has 1 saturated heterocycles. The molecule has 0 N–H and O–H groups in total. The third-order valence-electron chi connectivity index (χ3n) is 3.88. The Morgan fingerprint density at radius 3 is 2.53 bits per heavy atom. The van der Waals surface area contributed by atoms with Gasteiger partial charge < -0.3 is 0 Å². The van der Waals surface area contributed by atoms with E-state index in [9.17, 15) is 4.79 Å². The van der Waals surface area contributed by atoms with Gasteiger partial charge in [-0.3, -0.25) is 9.69 Å². The predicted octanol–water partition coefficient (Wildman–Crippen LogP) is 3.05. The van der Waals surface area contributed by atoms with Crippen LogP contribution in [0.25, 0.3) is 0 Å². The van der Waals surface area contributed by atoms with Gasteiger partial charge in [0.05, 0.1) is 0 Å². The second-order valence-electron chi connectivity index (χ2n) is 5.20. The summed E-state index contributed by atoms with van der Waals surface area (Å²) in [5, 5.41) is 0. The minimum Gasteiger partial charge on any atom is -0.299 e. The molecule has 0 bridgehead atoms. The highest BCUT2D eigenvalue weighted by molar-refractivity contribution is 5.82. The molecule has 0 saturated carbocycles. The smallest absolute Gasteiger partial charge is 0.138 e. The van der Waals surface area contributed by atoms with Crippen molar-refractivity contribution in [3.8, 4) is 0 Å². The number of likely N-dealkylation sites (tertiary alicyclic amines) is 1. The summed E-state index contributed by atoms with van der Waals surface area (Å²) >= 11 is 0. The molecular formula is C15H21NO. The first-order chi connectivity index (χ1) is 8.09. The number of nitrogens with zero attached hydrogens (tertiary/aromatic N) is 1. The van der Waals surface area contributed by atoms with Crippen LogP contribution >= 0.6 is 0 Å². The summed E-state index contributed by atoms with van der Waals surface area (Å²) in [6, 6.07) is 11.3. The van der Waals surface area contributed by atoms with Crippen LogP contribution < -0.4 is 0 Å². The second kappa shape index (κ2) is 5.01. The van der Waals surface area contributed by atoms with Gasteiger partial charge in [-0.25, -0.2) is 0 Å². The number of ketones is 1. The molecule has 1 unspecified atom stereocenters. The van der Waals surface area contributed by atoms with Crippen LogP contribution in [0.3, 0.4) is 0 Å². The summed E-state index contributed by atoms with van der Waals surface area (Å²) in [5.41, 5.74) is 1.33. The highest BCUT2D eigenvalue weighted by atomic mass is 16.1. The fourth-order valence-electron chi connectivity index (χ4n) is 2.67. The summed E-state index contributed by atoms with van der Waals surface area (Å²) in [7, 11) is 0. The van der Waals surface area contributed by atoms with Crippen molar-refractivity contribution < 1.29 is 4.79 Å². The van der Waals surface area contributed by atoms with Gasteiger partial charge in [-0.2, -0.15) is 0 Å².